The summed E-state index contributed by atoms with van der Waals surface area (Å²) in [5, 5.41) is 1.06. The molecular weight excluding hydrogens is 208 g/mol. The Bertz CT molecular complexity index is 308. The number of hydrogen-bond acceptors (Lipinski definition) is 5. The molecule has 0 radical (unpaired) electrons. The Balaban J connectivity index is 2.61. The van der Waals surface area contributed by atoms with Gasteiger partial charge in [0.05, 0.1) is 5.69 Å². The van der Waals surface area contributed by atoms with Crippen LogP contribution in [0.5, 0.6) is 0 Å². The third kappa shape index (κ3) is 3.44. The summed E-state index contributed by atoms with van der Waals surface area (Å²) >= 11 is 1.69. The van der Waals surface area contributed by atoms with Crippen molar-refractivity contribution >= 4 is 16.5 Å². The molecule has 0 aliphatic carbocycles. The van der Waals surface area contributed by atoms with Crippen LogP contribution in [0.25, 0.3) is 0 Å². The summed E-state index contributed by atoms with van der Waals surface area (Å²) in [4.78, 5) is 10.0. The Hall–Kier alpha value is -0.650. The smallest absolute Gasteiger partial charge is 0.185 e. The van der Waals surface area contributed by atoms with Crippen LogP contribution in [0.15, 0.2) is 0 Å². The summed E-state index contributed by atoms with van der Waals surface area (Å²) in [6.45, 7) is 4.63. The van der Waals surface area contributed by atoms with Gasteiger partial charge in [-0.2, -0.15) is 0 Å². The van der Waals surface area contributed by atoms with Gasteiger partial charge < -0.3 is 15.5 Å². The molecule has 1 aromatic heterocycles. The summed E-state index contributed by atoms with van der Waals surface area (Å²) in [5.41, 5.74) is 6.69. The number of hydrogen-bond donors (Lipinski definition) is 1. The van der Waals surface area contributed by atoms with Crippen LogP contribution in [0.4, 0.5) is 5.13 Å². The van der Waals surface area contributed by atoms with E-state index in [2.05, 4.69) is 35.9 Å². The largest absolute Gasteiger partial charge is 0.350 e. The van der Waals surface area contributed by atoms with Crippen molar-refractivity contribution in [2.75, 3.05) is 39.1 Å². The van der Waals surface area contributed by atoms with E-state index in [1.165, 1.54) is 4.88 Å². The zero-order chi connectivity index (χ0) is 11.4. The molecule has 4 nitrogen and oxygen atoms in total. The third-order valence-corrected chi connectivity index (χ3v) is 3.57. The molecule has 2 N–H and O–H groups in total. The van der Waals surface area contributed by atoms with E-state index in [0.717, 1.165) is 23.9 Å². The number of likely N-dealkylation sites (N-methyl/N-ethyl adjacent to an activating group) is 2. The fourth-order valence-corrected chi connectivity index (χ4v) is 2.14. The van der Waals surface area contributed by atoms with Crippen LogP contribution in [-0.2, 0) is 6.54 Å². The highest BCUT2D eigenvalue weighted by molar-refractivity contribution is 7.15. The minimum absolute atomic E-state index is 0.588. The van der Waals surface area contributed by atoms with Crippen molar-refractivity contribution in [3.8, 4) is 0 Å². The number of nitrogens with two attached hydrogens (primary N) is 1. The Morgan fingerprint density at radius 3 is 2.40 bits per heavy atom. The maximum Gasteiger partial charge on any atom is 0.185 e. The molecule has 86 valence electrons. The number of aryl methyl sites for hydroxylation is 1. The summed E-state index contributed by atoms with van der Waals surface area (Å²) < 4.78 is 0. The molecule has 5 heteroatoms. The summed E-state index contributed by atoms with van der Waals surface area (Å²) in [6.07, 6.45) is 0. The molecule has 0 saturated heterocycles. The van der Waals surface area contributed by atoms with Crippen molar-refractivity contribution in [2.45, 2.75) is 13.5 Å². The molecule has 1 heterocycles. The molecule has 0 aliphatic heterocycles. The SMILES string of the molecule is Cc1nc(N(C)CCN(C)C)sc1CN. The molecule has 0 fully saturated rings. The van der Waals surface area contributed by atoms with Gasteiger partial charge in [-0.25, -0.2) is 4.98 Å². The van der Waals surface area contributed by atoms with Crippen LogP contribution >= 0.6 is 11.3 Å². The van der Waals surface area contributed by atoms with E-state index in [1.807, 2.05) is 6.92 Å². The van der Waals surface area contributed by atoms with Gasteiger partial charge in [-0.1, -0.05) is 0 Å². The van der Waals surface area contributed by atoms with Gasteiger partial charge in [0, 0.05) is 31.6 Å². The highest BCUT2D eigenvalue weighted by Gasteiger charge is 2.09. The van der Waals surface area contributed by atoms with E-state index in [4.69, 9.17) is 5.73 Å². The molecule has 0 bridgehead atoms. The Morgan fingerprint density at radius 1 is 1.27 bits per heavy atom. The molecule has 0 amide bonds. The van der Waals surface area contributed by atoms with Crippen molar-refractivity contribution in [3.05, 3.63) is 10.6 Å². The lowest BCUT2D eigenvalue weighted by molar-refractivity contribution is 0.416. The lowest BCUT2D eigenvalue weighted by atomic mass is 10.4. The summed E-state index contributed by atoms with van der Waals surface area (Å²) in [7, 11) is 6.22. The minimum atomic E-state index is 0.588. The lowest BCUT2D eigenvalue weighted by Gasteiger charge is -2.18. The van der Waals surface area contributed by atoms with Crippen molar-refractivity contribution in [2.24, 2.45) is 5.73 Å². The number of anilines is 1. The highest BCUT2D eigenvalue weighted by Crippen LogP contribution is 2.24. The second-order valence-corrected chi connectivity index (χ2v) is 5.00. The number of thiazole rings is 1. The first-order valence-electron chi connectivity index (χ1n) is 5.06. The summed E-state index contributed by atoms with van der Waals surface area (Å²) in [5.74, 6) is 0. The van der Waals surface area contributed by atoms with Gasteiger partial charge in [-0.15, -0.1) is 11.3 Å². The molecule has 0 unspecified atom stereocenters. The third-order valence-electron chi connectivity index (χ3n) is 2.28. The van der Waals surface area contributed by atoms with Gasteiger partial charge in [-0.3, -0.25) is 0 Å². The Morgan fingerprint density at radius 2 is 1.93 bits per heavy atom. The molecule has 0 aliphatic rings. The molecular formula is C10H20N4S. The van der Waals surface area contributed by atoms with Gasteiger partial charge in [0.2, 0.25) is 0 Å². The van der Waals surface area contributed by atoms with E-state index < -0.39 is 0 Å². The van der Waals surface area contributed by atoms with Crippen molar-refractivity contribution < 1.29 is 0 Å². The first-order valence-corrected chi connectivity index (χ1v) is 5.88. The van der Waals surface area contributed by atoms with Crippen LogP contribution in [0.1, 0.15) is 10.6 Å². The van der Waals surface area contributed by atoms with E-state index in [-0.39, 0.29) is 0 Å². The van der Waals surface area contributed by atoms with Crippen LogP contribution in [0.2, 0.25) is 0 Å². The van der Waals surface area contributed by atoms with Gasteiger partial charge >= 0.3 is 0 Å². The monoisotopic (exact) mass is 228 g/mol. The minimum Gasteiger partial charge on any atom is -0.350 e. The normalized spacial score (nSPS) is 11.1. The molecule has 0 atom stereocenters. The predicted molar refractivity (Wildman–Crippen MR) is 66.6 cm³/mol. The fourth-order valence-electron chi connectivity index (χ4n) is 1.21. The molecule has 0 aromatic carbocycles. The average Bonchev–Trinajstić information content (AvgIpc) is 2.56. The molecule has 0 spiro atoms. The van der Waals surface area contributed by atoms with Crippen LogP contribution in [0.3, 0.4) is 0 Å². The van der Waals surface area contributed by atoms with E-state index >= 15 is 0 Å². The Kier molecular flexibility index (Phi) is 4.50. The van der Waals surface area contributed by atoms with Crippen molar-refractivity contribution in [1.82, 2.24) is 9.88 Å². The summed E-state index contributed by atoms with van der Waals surface area (Å²) in [6, 6.07) is 0. The van der Waals surface area contributed by atoms with Gasteiger partial charge in [0.25, 0.3) is 0 Å². The fraction of sp³-hybridized carbons (Fsp3) is 0.700. The standard InChI is InChI=1S/C10H20N4S/c1-8-9(7-11)15-10(12-8)14(4)6-5-13(2)3/h5-7,11H2,1-4H3. The Labute approximate surface area is 95.7 Å². The van der Waals surface area contributed by atoms with E-state index in [0.29, 0.717) is 6.54 Å². The van der Waals surface area contributed by atoms with Crippen molar-refractivity contribution in [1.29, 1.82) is 0 Å². The molecule has 15 heavy (non-hydrogen) atoms. The molecule has 1 rings (SSSR count). The average molecular weight is 228 g/mol. The van der Waals surface area contributed by atoms with Crippen molar-refractivity contribution in [3.63, 3.8) is 0 Å². The number of rotatable bonds is 5. The van der Waals surface area contributed by atoms with Crippen LogP contribution in [-0.4, -0.2) is 44.1 Å². The predicted octanol–water partition coefficient (Wildman–Crippen LogP) is 0.908. The van der Waals surface area contributed by atoms with E-state index in [1.54, 1.807) is 11.3 Å². The van der Waals surface area contributed by atoms with Gasteiger partial charge in [-0.05, 0) is 21.0 Å². The maximum absolute atomic E-state index is 5.63. The molecule has 1 aromatic rings. The second-order valence-electron chi connectivity index (χ2n) is 3.93. The van der Waals surface area contributed by atoms with Gasteiger partial charge in [0.1, 0.15) is 0 Å². The topological polar surface area (TPSA) is 45.4 Å². The zero-order valence-electron chi connectivity index (χ0n) is 9.95. The molecule has 0 saturated carbocycles. The van der Waals surface area contributed by atoms with E-state index in [9.17, 15) is 0 Å². The first-order chi connectivity index (χ1) is 7.04. The number of nitrogens with zero attached hydrogens (tertiary/aromatic N) is 3. The van der Waals surface area contributed by atoms with Crippen LogP contribution < -0.4 is 10.6 Å². The lowest BCUT2D eigenvalue weighted by Crippen LogP contribution is -2.28. The maximum atomic E-state index is 5.63. The first kappa shape index (κ1) is 12.4. The van der Waals surface area contributed by atoms with Gasteiger partial charge in [0.15, 0.2) is 5.13 Å². The number of aromatic nitrogens is 1. The quantitative estimate of drug-likeness (QED) is 0.813. The van der Waals surface area contributed by atoms with Crippen LogP contribution in [0, 0.1) is 6.92 Å². The second kappa shape index (κ2) is 5.44. The zero-order valence-corrected chi connectivity index (χ0v) is 10.8. The highest BCUT2D eigenvalue weighted by atomic mass is 32.1.